The number of ketones is 1. The molecule has 3 rings (SSSR count). The van der Waals surface area contributed by atoms with Crippen LogP contribution >= 0.6 is 9.24 Å². The highest BCUT2D eigenvalue weighted by Gasteiger charge is 2.28. The Kier molecular flexibility index (Phi) is 2.15. The van der Waals surface area contributed by atoms with Crippen LogP contribution in [0.15, 0.2) is 48.5 Å². The van der Waals surface area contributed by atoms with E-state index in [9.17, 15) is 4.79 Å². The summed E-state index contributed by atoms with van der Waals surface area (Å²) in [5.41, 5.74) is 4.07. The van der Waals surface area contributed by atoms with Crippen LogP contribution in [0.4, 0.5) is 0 Å². The van der Waals surface area contributed by atoms with Gasteiger partial charge in [0.25, 0.3) is 0 Å². The smallest absolute Gasteiger partial charge is 0.174 e. The van der Waals surface area contributed by atoms with Crippen molar-refractivity contribution in [1.29, 1.82) is 0 Å². The van der Waals surface area contributed by atoms with Crippen LogP contribution in [0, 0.1) is 0 Å². The molecule has 0 N–H and O–H groups in total. The standard InChI is InChI=1S/C14H11OP/c15-13-11-7-3-1-5-9(11)10-6-2-4-8-12(10)14(13)16/h1-8,14H,16H2. The van der Waals surface area contributed by atoms with Gasteiger partial charge in [-0.2, -0.15) is 0 Å². The van der Waals surface area contributed by atoms with Crippen molar-refractivity contribution >= 4 is 15.0 Å². The molecule has 0 heterocycles. The highest BCUT2D eigenvalue weighted by Crippen LogP contribution is 2.41. The molecule has 1 aliphatic rings. The minimum Gasteiger partial charge on any atom is -0.293 e. The summed E-state index contributed by atoms with van der Waals surface area (Å²) in [4.78, 5) is 12.2. The van der Waals surface area contributed by atoms with E-state index in [1.165, 1.54) is 5.56 Å². The van der Waals surface area contributed by atoms with Gasteiger partial charge in [0.15, 0.2) is 5.78 Å². The summed E-state index contributed by atoms with van der Waals surface area (Å²) in [6.45, 7) is 0. The molecule has 2 aromatic rings. The number of benzene rings is 2. The lowest BCUT2D eigenvalue weighted by molar-refractivity contribution is 0.0988. The molecule has 16 heavy (non-hydrogen) atoms. The molecule has 1 aliphatic carbocycles. The number of carbonyl (C=O) groups excluding carboxylic acids is 1. The number of hydrogen-bond acceptors (Lipinski definition) is 1. The van der Waals surface area contributed by atoms with Gasteiger partial charge < -0.3 is 0 Å². The van der Waals surface area contributed by atoms with Crippen LogP contribution in [0.25, 0.3) is 11.1 Å². The number of rotatable bonds is 0. The van der Waals surface area contributed by atoms with Gasteiger partial charge in [0.05, 0.1) is 5.66 Å². The number of hydrogen-bond donors (Lipinski definition) is 0. The monoisotopic (exact) mass is 226 g/mol. The normalized spacial score (nSPS) is 17.8. The van der Waals surface area contributed by atoms with E-state index in [0.717, 1.165) is 16.7 Å². The maximum atomic E-state index is 12.2. The second kappa shape index (κ2) is 3.54. The van der Waals surface area contributed by atoms with Gasteiger partial charge in [0.2, 0.25) is 0 Å². The molecule has 0 aromatic heterocycles. The molecule has 1 nitrogen and oxygen atoms in total. The first-order valence-electron chi connectivity index (χ1n) is 5.27. The molecule has 0 spiro atoms. The molecule has 0 aliphatic heterocycles. The predicted molar refractivity (Wildman–Crippen MR) is 68.7 cm³/mol. The fourth-order valence-corrected chi connectivity index (χ4v) is 2.73. The van der Waals surface area contributed by atoms with E-state index in [1.54, 1.807) is 0 Å². The van der Waals surface area contributed by atoms with Gasteiger partial charge in [-0.3, -0.25) is 4.79 Å². The van der Waals surface area contributed by atoms with E-state index in [2.05, 4.69) is 15.3 Å². The highest BCUT2D eigenvalue weighted by atomic mass is 31.0. The van der Waals surface area contributed by atoms with Crippen molar-refractivity contribution in [1.82, 2.24) is 0 Å². The summed E-state index contributed by atoms with van der Waals surface area (Å²) in [7, 11) is 2.65. The maximum absolute atomic E-state index is 12.2. The topological polar surface area (TPSA) is 17.1 Å². The molecule has 0 fully saturated rings. The largest absolute Gasteiger partial charge is 0.293 e. The average molecular weight is 226 g/mol. The Hall–Kier alpha value is -1.46. The third-order valence-electron chi connectivity index (χ3n) is 3.06. The summed E-state index contributed by atoms with van der Waals surface area (Å²) >= 11 is 0. The van der Waals surface area contributed by atoms with Crippen molar-refractivity contribution in [3.8, 4) is 11.1 Å². The molecule has 0 radical (unpaired) electrons. The molecule has 0 saturated carbocycles. The Morgan fingerprint density at radius 3 is 2.12 bits per heavy atom. The fourth-order valence-electron chi connectivity index (χ4n) is 2.26. The number of fused-ring (bicyclic) bond motifs is 3. The minimum absolute atomic E-state index is 0.105. The van der Waals surface area contributed by atoms with E-state index < -0.39 is 0 Å². The molecule has 0 amide bonds. The van der Waals surface area contributed by atoms with E-state index in [1.807, 2.05) is 42.5 Å². The SMILES string of the molecule is O=C1c2ccccc2-c2ccccc2C1P. The van der Waals surface area contributed by atoms with Crippen molar-refractivity contribution in [2.45, 2.75) is 5.66 Å². The van der Waals surface area contributed by atoms with Crippen molar-refractivity contribution in [3.63, 3.8) is 0 Å². The van der Waals surface area contributed by atoms with Gasteiger partial charge in [0.1, 0.15) is 0 Å². The average Bonchev–Trinajstić information content (AvgIpc) is 2.36. The Morgan fingerprint density at radius 2 is 1.38 bits per heavy atom. The summed E-state index contributed by atoms with van der Waals surface area (Å²) in [5, 5.41) is 0. The molecule has 2 heteroatoms. The van der Waals surface area contributed by atoms with E-state index in [4.69, 9.17) is 0 Å². The van der Waals surface area contributed by atoms with Crippen LogP contribution < -0.4 is 0 Å². The van der Waals surface area contributed by atoms with Crippen LogP contribution in [-0.4, -0.2) is 5.78 Å². The Morgan fingerprint density at radius 1 is 0.812 bits per heavy atom. The van der Waals surface area contributed by atoms with Crippen molar-refractivity contribution < 1.29 is 4.79 Å². The van der Waals surface area contributed by atoms with Crippen LogP contribution in [-0.2, 0) is 0 Å². The van der Waals surface area contributed by atoms with Gasteiger partial charge in [-0.15, -0.1) is 9.24 Å². The zero-order chi connectivity index (χ0) is 11.1. The number of carbonyl (C=O) groups is 1. The Balaban J connectivity index is 2.37. The molecular weight excluding hydrogens is 215 g/mol. The number of Topliss-reactive ketones (excluding diaryl/α,β-unsaturated/α-hetero) is 1. The summed E-state index contributed by atoms with van der Waals surface area (Å²) in [6.07, 6.45) is 0. The van der Waals surface area contributed by atoms with E-state index in [-0.39, 0.29) is 11.4 Å². The van der Waals surface area contributed by atoms with Gasteiger partial charge in [-0.25, -0.2) is 0 Å². The van der Waals surface area contributed by atoms with Crippen LogP contribution in [0.2, 0.25) is 0 Å². The Bertz CT molecular complexity index is 574. The quantitative estimate of drug-likeness (QED) is 0.628. The lowest BCUT2D eigenvalue weighted by Crippen LogP contribution is -2.14. The first-order valence-corrected chi connectivity index (χ1v) is 5.94. The van der Waals surface area contributed by atoms with Crippen molar-refractivity contribution in [2.24, 2.45) is 0 Å². The van der Waals surface area contributed by atoms with Crippen molar-refractivity contribution in [2.75, 3.05) is 0 Å². The van der Waals surface area contributed by atoms with Gasteiger partial charge in [-0.1, -0.05) is 48.5 Å². The first-order chi connectivity index (χ1) is 7.79. The van der Waals surface area contributed by atoms with Crippen molar-refractivity contribution in [3.05, 3.63) is 59.7 Å². The molecule has 2 unspecified atom stereocenters. The molecule has 0 saturated heterocycles. The molecule has 2 atom stereocenters. The van der Waals surface area contributed by atoms with Gasteiger partial charge >= 0.3 is 0 Å². The molecular formula is C14H11OP. The molecule has 78 valence electrons. The highest BCUT2D eigenvalue weighted by molar-refractivity contribution is 7.19. The zero-order valence-electron chi connectivity index (χ0n) is 8.68. The summed E-state index contributed by atoms with van der Waals surface area (Å²) in [6, 6.07) is 15.9. The van der Waals surface area contributed by atoms with E-state index >= 15 is 0 Å². The first kappa shape index (κ1) is 9.74. The minimum atomic E-state index is -0.105. The van der Waals surface area contributed by atoms with Crippen LogP contribution in [0.3, 0.4) is 0 Å². The van der Waals surface area contributed by atoms with Crippen LogP contribution in [0.1, 0.15) is 21.6 Å². The zero-order valence-corrected chi connectivity index (χ0v) is 9.84. The molecule has 2 aromatic carbocycles. The van der Waals surface area contributed by atoms with Gasteiger partial charge in [0, 0.05) is 5.56 Å². The fraction of sp³-hybridized carbons (Fsp3) is 0.0714. The summed E-state index contributed by atoms with van der Waals surface area (Å²) < 4.78 is 0. The second-order valence-electron chi connectivity index (χ2n) is 3.97. The Labute approximate surface area is 96.7 Å². The summed E-state index contributed by atoms with van der Waals surface area (Å²) in [5.74, 6) is 0.194. The third-order valence-corrected chi connectivity index (χ3v) is 3.72. The lowest BCUT2D eigenvalue weighted by atomic mass is 9.84. The third kappa shape index (κ3) is 1.25. The lowest BCUT2D eigenvalue weighted by Gasteiger charge is -2.23. The van der Waals surface area contributed by atoms with Gasteiger partial charge in [-0.05, 0) is 16.7 Å². The van der Waals surface area contributed by atoms with Crippen LogP contribution in [0.5, 0.6) is 0 Å². The predicted octanol–water partition coefficient (Wildman–Crippen LogP) is 3.47. The maximum Gasteiger partial charge on any atom is 0.174 e. The second-order valence-corrected chi connectivity index (χ2v) is 4.64. The molecule has 0 bridgehead atoms. The van der Waals surface area contributed by atoms with E-state index in [0.29, 0.717) is 0 Å².